The van der Waals surface area contributed by atoms with Crippen molar-refractivity contribution in [3.8, 4) is 5.75 Å². The number of aliphatic hydroxyl groups excluding tert-OH is 1. The minimum absolute atomic E-state index is 0.0317. The van der Waals surface area contributed by atoms with Crippen LogP contribution in [0.25, 0.3) is 0 Å². The van der Waals surface area contributed by atoms with Crippen molar-refractivity contribution in [2.75, 3.05) is 31.0 Å². The Balaban J connectivity index is 1.24. The van der Waals surface area contributed by atoms with Crippen molar-refractivity contribution in [3.63, 3.8) is 0 Å². The average molecular weight is 716 g/mol. The van der Waals surface area contributed by atoms with E-state index < -0.39 is 13.7 Å². The molecule has 1 aromatic heterocycles. The molecule has 0 saturated carbocycles. The number of anilines is 2. The zero-order valence-corrected chi connectivity index (χ0v) is 31.2. The van der Waals surface area contributed by atoms with E-state index in [-0.39, 0.29) is 41.9 Å². The van der Waals surface area contributed by atoms with Crippen LogP contribution in [0.4, 0.5) is 11.4 Å². The Labute approximate surface area is 305 Å². The van der Waals surface area contributed by atoms with E-state index in [4.69, 9.17) is 9.47 Å². The fraction of sp³-hybridized carbons (Fsp3) is 0.317. The summed E-state index contributed by atoms with van der Waals surface area (Å²) < 4.78 is 14.5. The van der Waals surface area contributed by atoms with Crippen LogP contribution in [-0.4, -0.2) is 66.9 Å². The first-order valence-electron chi connectivity index (χ1n) is 17.8. The third kappa shape index (κ3) is 6.12. The number of nitrogens with zero attached hydrogens (tertiary/aromatic N) is 4. The second kappa shape index (κ2) is 14.1. The molecule has 4 aromatic carbocycles. The Kier molecular flexibility index (Phi) is 9.60. The minimum Gasteiger partial charge on any atom is -0.497 e. The topological polar surface area (TPSA) is 119 Å². The van der Waals surface area contributed by atoms with Gasteiger partial charge in [0.25, 0.3) is 11.8 Å². The first kappa shape index (κ1) is 35.3. The van der Waals surface area contributed by atoms with E-state index in [1.54, 1.807) is 31.2 Å². The molecule has 0 radical (unpaired) electrons. The van der Waals surface area contributed by atoms with E-state index in [0.29, 0.717) is 29.9 Å². The Bertz CT molecular complexity index is 2060. The number of aryl methyl sites for hydroxylation is 1. The molecule has 2 aliphatic heterocycles. The maximum absolute atomic E-state index is 14.6. The van der Waals surface area contributed by atoms with E-state index in [0.717, 1.165) is 22.6 Å². The van der Waals surface area contributed by atoms with E-state index in [9.17, 15) is 14.7 Å². The largest absolute Gasteiger partial charge is 0.497 e. The Morgan fingerprint density at radius 1 is 1.02 bits per heavy atom. The molecule has 11 heteroatoms. The quantitative estimate of drug-likeness (QED) is 0.163. The second-order valence-electron chi connectivity index (χ2n) is 14.4. The number of ether oxygens (including phenoxy) is 2. The highest BCUT2D eigenvalue weighted by Crippen LogP contribution is 2.60. The van der Waals surface area contributed by atoms with E-state index in [1.165, 1.54) is 5.19 Å². The molecule has 2 N–H and O–H groups in total. The monoisotopic (exact) mass is 715 g/mol. The van der Waals surface area contributed by atoms with Gasteiger partial charge in [-0.1, -0.05) is 91.1 Å². The van der Waals surface area contributed by atoms with Gasteiger partial charge >= 0.3 is 0 Å². The molecule has 3 heterocycles. The van der Waals surface area contributed by atoms with Crippen LogP contribution in [0.5, 0.6) is 5.75 Å². The molecule has 1 fully saturated rings. The van der Waals surface area contributed by atoms with Gasteiger partial charge in [0.2, 0.25) is 0 Å². The highest BCUT2D eigenvalue weighted by molar-refractivity contribution is 6.91. The fourth-order valence-corrected chi connectivity index (χ4v) is 12.5. The normalized spacial score (nSPS) is 21.7. The highest BCUT2D eigenvalue weighted by Gasteiger charge is 2.65. The van der Waals surface area contributed by atoms with Gasteiger partial charge in [0.1, 0.15) is 5.75 Å². The van der Waals surface area contributed by atoms with Gasteiger partial charge < -0.3 is 24.8 Å². The van der Waals surface area contributed by atoms with Crippen LogP contribution in [0.15, 0.2) is 109 Å². The predicted molar refractivity (Wildman–Crippen MR) is 204 cm³/mol. The third-order valence-electron chi connectivity index (χ3n) is 11.2. The van der Waals surface area contributed by atoms with Gasteiger partial charge in [-0.05, 0) is 60.0 Å². The number of likely N-dealkylation sites (N-methyl/N-ethyl adjacent to an activating group) is 1. The van der Waals surface area contributed by atoms with E-state index >= 15 is 0 Å². The number of rotatable bonds is 11. The zero-order chi connectivity index (χ0) is 36.6. The number of carbonyl (C=O) groups excluding carboxylic acids is 2. The summed E-state index contributed by atoms with van der Waals surface area (Å²) in [6.45, 7) is 7.29. The maximum atomic E-state index is 14.6. The number of fused-ring (bicyclic) bond motifs is 2. The van der Waals surface area contributed by atoms with Crippen LogP contribution < -0.4 is 20.1 Å². The van der Waals surface area contributed by atoms with Crippen molar-refractivity contribution in [3.05, 3.63) is 132 Å². The van der Waals surface area contributed by atoms with E-state index in [2.05, 4.69) is 47.8 Å². The van der Waals surface area contributed by atoms with Crippen molar-refractivity contribution in [2.24, 2.45) is 5.92 Å². The van der Waals surface area contributed by atoms with Gasteiger partial charge in [-0.2, -0.15) is 0 Å². The lowest BCUT2D eigenvalue weighted by atomic mass is 9.82. The third-order valence-corrected chi connectivity index (χ3v) is 15.6. The lowest BCUT2D eigenvalue weighted by Gasteiger charge is -2.37. The van der Waals surface area contributed by atoms with Gasteiger partial charge in [-0.15, -0.1) is 5.10 Å². The van der Waals surface area contributed by atoms with E-state index in [1.807, 2.05) is 89.7 Å². The standard InChI is InChI=1S/C41H45N5O5Si/c1-27-38(52(4,5)32-19-17-31(50-3)18-20-32)37(22-23-46-25-35(43-44-46)33(26-47)28-12-8-6-9-13-28)51-41(27)34-24-30(16-21-36(34)45(2)40(41)49)42-39(48)29-14-10-7-11-15-29/h6-21,24-25,27,33,37-38,47H,22-23,26H2,1-5H3,(H,42,48)/t27-,33?,37+,38-,41+/m0/s1. The molecule has 10 nitrogen and oxygen atoms in total. The molecule has 5 atom stereocenters. The lowest BCUT2D eigenvalue weighted by molar-refractivity contribution is -0.145. The molecule has 1 saturated heterocycles. The molecule has 1 unspecified atom stereocenters. The minimum atomic E-state index is -2.36. The number of methoxy groups -OCH3 is 1. The molecule has 0 aliphatic carbocycles. The zero-order valence-electron chi connectivity index (χ0n) is 30.2. The van der Waals surface area contributed by atoms with Crippen LogP contribution in [-0.2, 0) is 21.7 Å². The number of carbonyl (C=O) groups is 2. The maximum Gasteiger partial charge on any atom is 0.264 e. The second-order valence-corrected chi connectivity index (χ2v) is 19.1. The molecule has 2 aliphatic rings. The van der Waals surface area contributed by atoms with Crippen LogP contribution in [0.1, 0.15) is 46.4 Å². The molecular weight excluding hydrogens is 671 g/mol. The number of benzene rings is 4. The van der Waals surface area contributed by atoms with Crippen molar-refractivity contribution >= 4 is 36.4 Å². The number of hydrogen-bond donors (Lipinski definition) is 2. The highest BCUT2D eigenvalue weighted by atomic mass is 28.3. The van der Waals surface area contributed by atoms with Crippen molar-refractivity contribution in [1.82, 2.24) is 15.0 Å². The Morgan fingerprint density at radius 2 is 1.71 bits per heavy atom. The first-order chi connectivity index (χ1) is 25.1. The average Bonchev–Trinajstić information content (AvgIpc) is 3.82. The summed E-state index contributed by atoms with van der Waals surface area (Å²) in [6, 6.07) is 32.8. The summed E-state index contributed by atoms with van der Waals surface area (Å²) in [4.78, 5) is 29.4. The van der Waals surface area contributed by atoms with Gasteiger partial charge in [-0.3, -0.25) is 14.3 Å². The molecule has 1 spiro atoms. The van der Waals surface area contributed by atoms with Gasteiger partial charge in [0.15, 0.2) is 5.60 Å². The molecule has 268 valence electrons. The van der Waals surface area contributed by atoms with Crippen molar-refractivity contribution < 1.29 is 24.2 Å². The summed E-state index contributed by atoms with van der Waals surface area (Å²) in [7, 11) is 1.10. The summed E-state index contributed by atoms with van der Waals surface area (Å²) in [5.41, 5.74) is 3.15. The number of amides is 2. The number of nitrogens with one attached hydrogen (secondary N) is 1. The summed E-state index contributed by atoms with van der Waals surface area (Å²) in [5.74, 6) is -0.0113. The Hall–Kier alpha value is -5.10. The summed E-state index contributed by atoms with van der Waals surface area (Å²) >= 11 is 0. The predicted octanol–water partition coefficient (Wildman–Crippen LogP) is 5.95. The molecule has 5 aromatic rings. The first-order valence-corrected chi connectivity index (χ1v) is 20.8. The number of aromatic nitrogens is 3. The van der Waals surface area contributed by atoms with Crippen LogP contribution in [0.2, 0.25) is 18.6 Å². The number of hydrogen-bond acceptors (Lipinski definition) is 7. The molecule has 2 amide bonds. The molecular formula is C41H45N5O5Si. The van der Waals surface area contributed by atoms with Gasteiger partial charge in [0, 0.05) is 42.5 Å². The fourth-order valence-electron chi connectivity index (χ4n) is 8.46. The van der Waals surface area contributed by atoms with Crippen LogP contribution in [0, 0.1) is 5.92 Å². The summed E-state index contributed by atoms with van der Waals surface area (Å²) in [6.07, 6.45) is 2.20. The Morgan fingerprint density at radius 3 is 2.38 bits per heavy atom. The molecule has 52 heavy (non-hydrogen) atoms. The van der Waals surface area contributed by atoms with Gasteiger partial charge in [-0.25, -0.2) is 0 Å². The summed E-state index contributed by atoms with van der Waals surface area (Å²) in [5, 5.41) is 23.4. The lowest BCUT2D eigenvalue weighted by Crippen LogP contribution is -2.51. The van der Waals surface area contributed by atoms with Crippen LogP contribution in [0.3, 0.4) is 0 Å². The SMILES string of the molecule is COc1ccc([Si](C)(C)[C@@H]2[C@@H](CCn3cc(C(CO)c4ccccc4)nn3)O[C@]3(C(=O)N(C)c4ccc(NC(=O)c5ccccc5)cc43)[C@H]2C)cc1. The smallest absolute Gasteiger partial charge is 0.264 e. The number of aliphatic hydroxyl groups is 1. The van der Waals surface area contributed by atoms with Gasteiger partial charge in [0.05, 0.1) is 45.2 Å². The van der Waals surface area contributed by atoms with Crippen LogP contribution >= 0.6 is 0 Å². The van der Waals surface area contributed by atoms with Crippen molar-refractivity contribution in [1.29, 1.82) is 0 Å². The molecule has 7 rings (SSSR count). The van der Waals surface area contributed by atoms with Crippen molar-refractivity contribution in [2.45, 2.75) is 56.1 Å². The molecule has 0 bridgehead atoms.